The molecule has 0 radical (unpaired) electrons. The van der Waals surface area contributed by atoms with Crippen LogP contribution in [-0.4, -0.2) is 0 Å². The lowest BCUT2D eigenvalue weighted by atomic mass is 9.79. The van der Waals surface area contributed by atoms with Crippen LogP contribution in [0.25, 0.3) is 98.4 Å². The van der Waals surface area contributed by atoms with Gasteiger partial charge in [-0.2, -0.15) is 0 Å². The van der Waals surface area contributed by atoms with Gasteiger partial charge in [-0.25, -0.2) is 0 Å². The predicted octanol–water partition coefficient (Wildman–Crippen LogP) is 14.8. The van der Waals surface area contributed by atoms with Crippen molar-refractivity contribution in [2.75, 3.05) is 0 Å². The maximum absolute atomic E-state index is 2.48. The van der Waals surface area contributed by atoms with E-state index in [4.69, 9.17) is 0 Å². The fourth-order valence-corrected chi connectivity index (χ4v) is 9.56. The second-order valence-corrected chi connectivity index (χ2v) is 15.2. The highest BCUT2D eigenvalue weighted by Crippen LogP contribution is 2.53. The van der Waals surface area contributed by atoms with Crippen molar-refractivity contribution in [3.05, 3.63) is 193 Å². The lowest BCUT2D eigenvalue weighted by Gasteiger charge is -2.24. The molecular formula is C53H36. The zero-order valence-corrected chi connectivity index (χ0v) is 29.8. The van der Waals surface area contributed by atoms with Crippen LogP contribution in [0.2, 0.25) is 0 Å². The molecule has 0 aliphatic heterocycles. The highest BCUT2D eigenvalue weighted by atomic mass is 14.4. The molecule has 0 nitrogen and oxygen atoms in total. The van der Waals surface area contributed by atoms with Crippen molar-refractivity contribution in [3.63, 3.8) is 0 Å². The van der Waals surface area contributed by atoms with Gasteiger partial charge in [0.05, 0.1) is 0 Å². The van der Waals surface area contributed by atoms with Crippen LogP contribution in [0, 0.1) is 0 Å². The summed E-state index contributed by atoms with van der Waals surface area (Å²) < 4.78 is 0. The molecule has 53 heavy (non-hydrogen) atoms. The van der Waals surface area contributed by atoms with Crippen molar-refractivity contribution in [2.24, 2.45) is 0 Å². The van der Waals surface area contributed by atoms with E-state index >= 15 is 0 Å². The third-order valence-electron chi connectivity index (χ3n) is 12.0. The molecule has 0 bridgehead atoms. The van der Waals surface area contributed by atoms with Crippen LogP contribution in [0.1, 0.15) is 25.0 Å². The van der Waals surface area contributed by atoms with Crippen molar-refractivity contribution < 1.29 is 0 Å². The highest BCUT2D eigenvalue weighted by Gasteiger charge is 2.37. The number of fused-ring (bicyclic) bond motifs is 9. The molecule has 11 rings (SSSR count). The Morgan fingerprint density at radius 1 is 0.302 bits per heavy atom. The predicted molar refractivity (Wildman–Crippen MR) is 228 cm³/mol. The summed E-state index contributed by atoms with van der Waals surface area (Å²) in [6.45, 7) is 4.80. The molecule has 0 heteroatoms. The first kappa shape index (κ1) is 30.2. The molecule has 0 aromatic heterocycles. The first-order valence-electron chi connectivity index (χ1n) is 18.7. The lowest BCUT2D eigenvalue weighted by Crippen LogP contribution is -2.15. The van der Waals surface area contributed by atoms with Gasteiger partial charge in [-0.3, -0.25) is 0 Å². The second kappa shape index (κ2) is 11.2. The Morgan fingerprint density at radius 2 is 0.792 bits per heavy atom. The van der Waals surface area contributed by atoms with Crippen molar-refractivity contribution in [1.29, 1.82) is 0 Å². The summed E-state index contributed by atoms with van der Waals surface area (Å²) >= 11 is 0. The van der Waals surface area contributed by atoms with Crippen molar-refractivity contribution in [1.82, 2.24) is 0 Å². The van der Waals surface area contributed by atoms with E-state index in [-0.39, 0.29) is 5.41 Å². The molecule has 0 unspecified atom stereocenters. The first-order valence-corrected chi connectivity index (χ1v) is 18.7. The summed E-state index contributed by atoms with van der Waals surface area (Å²) in [5.74, 6) is 0. The monoisotopic (exact) mass is 672 g/mol. The fraction of sp³-hybridized carbons (Fsp3) is 0.0566. The molecule has 1 aliphatic carbocycles. The van der Waals surface area contributed by atoms with Gasteiger partial charge in [0, 0.05) is 5.41 Å². The average Bonchev–Trinajstić information content (AvgIpc) is 3.44. The van der Waals surface area contributed by atoms with Crippen LogP contribution in [0.3, 0.4) is 0 Å². The maximum Gasteiger partial charge on any atom is 0.0165 e. The minimum absolute atomic E-state index is 0.125. The molecule has 0 N–H and O–H groups in total. The summed E-state index contributed by atoms with van der Waals surface area (Å²) in [7, 11) is 0. The Morgan fingerprint density at radius 3 is 1.49 bits per heavy atom. The largest absolute Gasteiger partial charge is 0.0616 e. The molecule has 1 aliphatic rings. The third-order valence-corrected chi connectivity index (χ3v) is 12.0. The Bertz CT molecular complexity index is 3080. The molecule has 0 saturated carbocycles. The van der Waals surface area contributed by atoms with E-state index in [0.717, 1.165) is 0 Å². The van der Waals surface area contributed by atoms with Crippen molar-refractivity contribution in [3.8, 4) is 44.5 Å². The van der Waals surface area contributed by atoms with Gasteiger partial charge in [0.2, 0.25) is 0 Å². The van der Waals surface area contributed by atoms with Gasteiger partial charge in [0.15, 0.2) is 0 Å². The van der Waals surface area contributed by atoms with Gasteiger partial charge in [-0.05, 0) is 134 Å². The average molecular weight is 673 g/mol. The van der Waals surface area contributed by atoms with E-state index in [1.165, 1.54) is 109 Å². The Labute approximate surface area is 309 Å². The van der Waals surface area contributed by atoms with E-state index in [2.05, 4.69) is 196 Å². The Hall–Kier alpha value is -6.50. The summed E-state index contributed by atoms with van der Waals surface area (Å²) in [4.78, 5) is 0. The zero-order valence-electron chi connectivity index (χ0n) is 29.8. The molecule has 0 spiro atoms. The van der Waals surface area contributed by atoms with Crippen LogP contribution in [-0.2, 0) is 5.41 Å². The summed E-state index contributed by atoms with van der Waals surface area (Å²) in [5.41, 5.74) is 13.0. The minimum Gasteiger partial charge on any atom is -0.0616 e. The maximum atomic E-state index is 2.48. The summed E-state index contributed by atoms with van der Waals surface area (Å²) in [6, 6.07) is 68.0. The number of rotatable bonds is 3. The molecule has 0 heterocycles. The fourth-order valence-electron chi connectivity index (χ4n) is 9.56. The lowest BCUT2D eigenvalue weighted by molar-refractivity contribution is 0.666. The minimum atomic E-state index is -0.125. The molecule has 10 aromatic carbocycles. The van der Waals surface area contributed by atoms with Crippen LogP contribution in [0.4, 0.5) is 0 Å². The summed E-state index contributed by atoms with van der Waals surface area (Å²) in [6.07, 6.45) is 0. The number of hydrogen-bond donors (Lipinski definition) is 0. The number of benzene rings is 10. The van der Waals surface area contributed by atoms with E-state index < -0.39 is 0 Å². The topological polar surface area (TPSA) is 0 Å². The molecule has 10 aromatic rings. The molecule has 0 atom stereocenters. The van der Waals surface area contributed by atoms with Gasteiger partial charge >= 0.3 is 0 Å². The standard InChI is InChI=1S/C53H36/c1-53(2)49-32-37(26-27-42(49)47-28-25-34-14-5-8-18-41(34)52(47)53)48-31-39(30-36-16-6-7-17-40(36)48)51-45-21-11-9-19-43(45)50(44-20-10-12-22-46(44)51)38-24-23-33-13-3-4-15-35(33)29-38/h3-32H,1-2H3. The normalized spacial score (nSPS) is 13.2. The Kier molecular flexibility index (Phi) is 6.40. The van der Waals surface area contributed by atoms with Crippen LogP contribution in [0.15, 0.2) is 182 Å². The highest BCUT2D eigenvalue weighted by molar-refractivity contribution is 6.22. The van der Waals surface area contributed by atoms with E-state index in [1.807, 2.05) is 0 Å². The van der Waals surface area contributed by atoms with Crippen LogP contribution < -0.4 is 0 Å². The smallest absolute Gasteiger partial charge is 0.0165 e. The van der Waals surface area contributed by atoms with E-state index in [9.17, 15) is 0 Å². The molecule has 0 fully saturated rings. The quantitative estimate of drug-likeness (QED) is 0.164. The Balaban J connectivity index is 1.16. The van der Waals surface area contributed by atoms with Gasteiger partial charge in [0.25, 0.3) is 0 Å². The van der Waals surface area contributed by atoms with Gasteiger partial charge in [-0.1, -0.05) is 172 Å². The first-order chi connectivity index (χ1) is 26.0. The van der Waals surface area contributed by atoms with Gasteiger partial charge in [-0.15, -0.1) is 0 Å². The number of hydrogen-bond acceptors (Lipinski definition) is 0. The molecular weight excluding hydrogens is 637 g/mol. The zero-order chi connectivity index (χ0) is 35.3. The van der Waals surface area contributed by atoms with Crippen molar-refractivity contribution >= 4 is 53.9 Å². The third kappa shape index (κ3) is 4.42. The van der Waals surface area contributed by atoms with Gasteiger partial charge < -0.3 is 0 Å². The van der Waals surface area contributed by atoms with E-state index in [1.54, 1.807) is 0 Å². The van der Waals surface area contributed by atoms with Crippen molar-refractivity contribution in [2.45, 2.75) is 19.3 Å². The molecule has 0 saturated heterocycles. The van der Waals surface area contributed by atoms with Crippen LogP contribution >= 0.6 is 0 Å². The molecule has 0 amide bonds. The van der Waals surface area contributed by atoms with Gasteiger partial charge in [0.1, 0.15) is 0 Å². The second-order valence-electron chi connectivity index (χ2n) is 15.2. The SMILES string of the molecule is CC1(C)c2cc(-c3cc(-c4c5ccccc5c(-c5ccc6ccccc6c5)c5ccccc45)cc4ccccc34)ccc2-c2ccc3ccccc3c21. The molecule has 248 valence electrons. The van der Waals surface area contributed by atoms with Crippen LogP contribution in [0.5, 0.6) is 0 Å². The van der Waals surface area contributed by atoms with E-state index in [0.29, 0.717) is 0 Å². The summed E-state index contributed by atoms with van der Waals surface area (Å²) in [5, 5.41) is 12.8.